The highest BCUT2D eigenvalue weighted by atomic mass is 19.4. The third kappa shape index (κ3) is 4.77. The van der Waals surface area contributed by atoms with Crippen LogP contribution in [0.5, 0.6) is 5.75 Å². The average Bonchev–Trinajstić information content (AvgIpc) is 3.09. The Morgan fingerprint density at radius 3 is 2.12 bits per heavy atom. The van der Waals surface area contributed by atoms with E-state index in [-0.39, 0.29) is 5.56 Å². The van der Waals surface area contributed by atoms with Gasteiger partial charge in [0.15, 0.2) is 11.6 Å². The van der Waals surface area contributed by atoms with Crippen LogP contribution in [0.25, 0.3) is 11.1 Å². The van der Waals surface area contributed by atoms with Crippen molar-refractivity contribution in [1.82, 2.24) is 0 Å². The highest BCUT2D eigenvalue weighted by molar-refractivity contribution is 5.77. The number of unbranched alkanes of at least 4 members (excludes halogenated alkanes) is 1. The number of halogens is 5. The first-order valence-electron chi connectivity index (χ1n) is 10.3. The van der Waals surface area contributed by atoms with Crippen molar-refractivity contribution in [2.45, 2.75) is 39.0 Å². The maximum atomic E-state index is 13.9. The monoisotopic (exact) mass is 442 g/mol. The highest BCUT2D eigenvalue weighted by Crippen LogP contribution is 2.37. The molecule has 164 valence electrons. The quantitative estimate of drug-likeness (QED) is 0.240. The van der Waals surface area contributed by atoms with Crippen molar-refractivity contribution < 1.29 is 26.7 Å². The van der Waals surface area contributed by atoms with Crippen molar-refractivity contribution in [2.24, 2.45) is 0 Å². The van der Waals surface area contributed by atoms with Crippen LogP contribution < -0.4 is 4.74 Å². The van der Waals surface area contributed by atoms with Crippen molar-refractivity contribution in [3.05, 3.63) is 88.0 Å². The van der Waals surface area contributed by atoms with Gasteiger partial charge in [-0.05, 0) is 71.3 Å². The van der Waals surface area contributed by atoms with Gasteiger partial charge in [-0.25, -0.2) is 8.78 Å². The van der Waals surface area contributed by atoms with Gasteiger partial charge in [-0.15, -0.1) is 13.2 Å². The van der Waals surface area contributed by atoms with Gasteiger partial charge < -0.3 is 4.74 Å². The van der Waals surface area contributed by atoms with Crippen molar-refractivity contribution in [3.63, 3.8) is 0 Å². The van der Waals surface area contributed by atoms with E-state index in [2.05, 4.69) is 41.7 Å². The molecule has 0 atom stereocenters. The number of hydrogen-bond donors (Lipinski definition) is 0. The number of aryl methyl sites for hydroxylation is 1. The summed E-state index contributed by atoms with van der Waals surface area (Å²) in [6.07, 6.45) is -1.06. The summed E-state index contributed by atoms with van der Waals surface area (Å²) in [7, 11) is 0. The summed E-state index contributed by atoms with van der Waals surface area (Å²) in [5.74, 6) is 1.03. The van der Waals surface area contributed by atoms with Crippen LogP contribution in [0.4, 0.5) is 22.0 Å². The summed E-state index contributed by atoms with van der Waals surface area (Å²) in [5, 5.41) is 0. The lowest BCUT2D eigenvalue weighted by Gasteiger charge is -2.10. The molecular weight excluding hydrogens is 423 g/mol. The van der Waals surface area contributed by atoms with Crippen molar-refractivity contribution in [1.29, 1.82) is 0 Å². The van der Waals surface area contributed by atoms with Crippen LogP contribution in [0.15, 0.2) is 48.5 Å². The number of hydrogen-bond acceptors (Lipinski definition) is 1. The minimum atomic E-state index is -5.19. The molecule has 32 heavy (non-hydrogen) atoms. The SMILES string of the molecule is CCCCc1ccc2c(c1)Cc1cc(C#Cc3cc(F)c(OC(F)(F)F)c(F)c3)ccc1-2. The topological polar surface area (TPSA) is 9.23 Å². The molecule has 0 aliphatic heterocycles. The van der Waals surface area contributed by atoms with E-state index in [1.165, 1.54) is 16.7 Å². The minimum Gasteiger partial charge on any atom is -0.399 e. The fourth-order valence-corrected chi connectivity index (χ4v) is 3.87. The number of alkyl halides is 3. The molecule has 3 aromatic rings. The van der Waals surface area contributed by atoms with Crippen LogP contribution in [-0.2, 0) is 12.8 Å². The Labute approximate surface area is 182 Å². The predicted octanol–water partition coefficient (Wildman–Crippen LogP) is 7.18. The second-order valence-electron chi connectivity index (χ2n) is 7.71. The Morgan fingerprint density at radius 2 is 1.47 bits per heavy atom. The standard InChI is InChI=1S/C26H19F5O/c1-2-3-4-16-7-9-21-19(11-16)15-20-12-17(8-10-22(20)21)5-6-18-13-23(27)25(24(28)14-18)32-26(29,30)31/h7-14H,2-4,15H2,1H3. The number of rotatable bonds is 4. The van der Waals surface area contributed by atoms with E-state index in [0.717, 1.165) is 48.9 Å². The van der Waals surface area contributed by atoms with Crippen molar-refractivity contribution in [2.75, 3.05) is 0 Å². The maximum Gasteiger partial charge on any atom is 0.573 e. The highest BCUT2D eigenvalue weighted by Gasteiger charge is 2.34. The van der Waals surface area contributed by atoms with E-state index >= 15 is 0 Å². The van der Waals surface area contributed by atoms with Gasteiger partial charge in [0.05, 0.1) is 0 Å². The third-order valence-corrected chi connectivity index (χ3v) is 5.33. The zero-order valence-corrected chi connectivity index (χ0v) is 17.2. The van der Waals surface area contributed by atoms with E-state index in [0.29, 0.717) is 5.56 Å². The lowest BCUT2D eigenvalue weighted by atomic mass is 10.0. The Kier molecular flexibility index (Phi) is 5.92. The van der Waals surface area contributed by atoms with Crippen LogP contribution in [-0.4, -0.2) is 6.36 Å². The number of benzene rings is 3. The van der Waals surface area contributed by atoms with Gasteiger partial charge >= 0.3 is 6.36 Å². The summed E-state index contributed by atoms with van der Waals surface area (Å²) in [6.45, 7) is 2.17. The molecular formula is C26H19F5O. The lowest BCUT2D eigenvalue weighted by molar-refractivity contribution is -0.276. The molecule has 0 spiro atoms. The Balaban J connectivity index is 1.56. The van der Waals surface area contributed by atoms with Crippen molar-refractivity contribution >= 4 is 0 Å². The summed E-state index contributed by atoms with van der Waals surface area (Å²) < 4.78 is 68.0. The summed E-state index contributed by atoms with van der Waals surface area (Å²) in [4.78, 5) is 0. The molecule has 6 heteroatoms. The molecule has 1 aliphatic carbocycles. The second kappa shape index (κ2) is 8.66. The second-order valence-corrected chi connectivity index (χ2v) is 7.71. The van der Waals surface area contributed by atoms with Gasteiger partial charge in [0, 0.05) is 11.1 Å². The van der Waals surface area contributed by atoms with Gasteiger partial charge in [0.1, 0.15) is 0 Å². The number of fused-ring (bicyclic) bond motifs is 3. The van der Waals surface area contributed by atoms with E-state index in [1.807, 2.05) is 18.2 Å². The molecule has 0 saturated carbocycles. The Hall–Kier alpha value is -3.33. The molecule has 0 aromatic heterocycles. The minimum absolute atomic E-state index is 0.0844. The molecule has 0 radical (unpaired) electrons. The summed E-state index contributed by atoms with van der Waals surface area (Å²) in [6, 6.07) is 13.7. The Bertz CT molecular complexity index is 1210. The van der Waals surface area contributed by atoms with Gasteiger partial charge in [0.25, 0.3) is 0 Å². The third-order valence-electron chi connectivity index (χ3n) is 5.33. The van der Waals surface area contributed by atoms with Gasteiger partial charge in [-0.1, -0.05) is 49.5 Å². The van der Waals surface area contributed by atoms with Gasteiger partial charge in [-0.2, -0.15) is 0 Å². The molecule has 0 fully saturated rings. The predicted molar refractivity (Wildman–Crippen MR) is 112 cm³/mol. The van der Waals surface area contributed by atoms with Crippen LogP contribution in [0.3, 0.4) is 0 Å². The molecule has 0 amide bonds. The van der Waals surface area contributed by atoms with Crippen LogP contribution in [0, 0.1) is 23.5 Å². The normalized spacial score (nSPS) is 12.1. The molecule has 0 unspecified atom stereocenters. The van der Waals surface area contributed by atoms with Crippen LogP contribution >= 0.6 is 0 Å². The number of ether oxygens (including phenoxy) is 1. The van der Waals surface area contributed by atoms with Gasteiger partial charge in [0.2, 0.25) is 5.75 Å². The average molecular weight is 442 g/mol. The molecule has 0 N–H and O–H groups in total. The van der Waals surface area contributed by atoms with Crippen LogP contribution in [0.2, 0.25) is 0 Å². The smallest absolute Gasteiger partial charge is 0.399 e. The van der Waals surface area contributed by atoms with E-state index in [1.54, 1.807) is 0 Å². The molecule has 4 rings (SSSR count). The Morgan fingerprint density at radius 1 is 0.844 bits per heavy atom. The molecule has 0 saturated heterocycles. The van der Waals surface area contributed by atoms with E-state index in [9.17, 15) is 22.0 Å². The first kappa shape index (κ1) is 21.9. The largest absolute Gasteiger partial charge is 0.573 e. The molecule has 1 nitrogen and oxygen atoms in total. The fourth-order valence-electron chi connectivity index (χ4n) is 3.87. The van der Waals surface area contributed by atoms with Crippen molar-refractivity contribution in [3.8, 4) is 28.7 Å². The summed E-state index contributed by atoms with van der Waals surface area (Å²) >= 11 is 0. The fraction of sp³-hybridized carbons (Fsp3) is 0.231. The molecule has 3 aromatic carbocycles. The molecule has 0 bridgehead atoms. The zero-order valence-electron chi connectivity index (χ0n) is 17.2. The first-order valence-corrected chi connectivity index (χ1v) is 10.3. The molecule has 1 aliphatic rings. The van der Waals surface area contributed by atoms with E-state index in [4.69, 9.17) is 0 Å². The first-order chi connectivity index (χ1) is 15.2. The molecule has 0 heterocycles. The summed E-state index contributed by atoms with van der Waals surface area (Å²) in [5.41, 5.74) is 6.61. The lowest BCUT2D eigenvalue weighted by Crippen LogP contribution is -2.19. The van der Waals surface area contributed by atoms with Gasteiger partial charge in [-0.3, -0.25) is 0 Å². The van der Waals surface area contributed by atoms with E-state index < -0.39 is 23.7 Å². The van der Waals surface area contributed by atoms with Crippen LogP contribution in [0.1, 0.15) is 47.6 Å². The maximum absolute atomic E-state index is 13.9. The zero-order chi connectivity index (χ0) is 22.9.